The lowest BCUT2D eigenvalue weighted by Crippen LogP contribution is -1.96. The second kappa shape index (κ2) is 5.55. The van der Waals surface area contributed by atoms with Crippen molar-refractivity contribution in [2.24, 2.45) is 0 Å². The molecule has 70 valence electrons. The SMILES string of the molecule is C=CCCC[C@@H](O)c1ccccc1. The van der Waals surface area contributed by atoms with E-state index in [4.69, 9.17) is 0 Å². The molecule has 0 aromatic heterocycles. The highest BCUT2D eigenvalue weighted by Gasteiger charge is 2.04. The molecular weight excluding hydrogens is 160 g/mol. The molecule has 0 radical (unpaired) electrons. The molecule has 0 heterocycles. The molecule has 0 bridgehead atoms. The number of hydrogen-bond acceptors (Lipinski definition) is 1. The van der Waals surface area contributed by atoms with Gasteiger partial charge in [-0.1, -0.05) is 36.4 Å². The van der Waals surface area contributed by atoms with Crippen molar-refractivity contribution in [1.29, 1.82) is 0 Å². The van der Waals surface area contributed by atoms with E-state index in [9.17, 15) is 5.11 Å². The van der Waals surface area contributed by atoms with Gasteiger partial charge in [-0.2, -0.15) is 0 Å². The predicted octanol–water partition coefficient (Wildman–Crippen LogP) is 3.08. The van der Waals surface area contributed by atoms with E-state index in [-0.39, 0.29) is 6.10 Å². The Balaban J connectivity index is 2.39. The summed E-state index contributed by atoms with van der Waals surface area (Å²) in [5.41, 5.74) is 1.01. The molecule has 1 N–H and O–H groups in total. The van der Waals surface area contributed by atoms with Gasteiger partial charge in [-0.05, 0) is 24.8 Å². The summed E-state index contributed by atoms with van der Waals surface area (Å²) < 4.78 is 0. The third kappa shape index (κ3) is 3.43. The van der Waals surface area contributed by atoms with Gasteiger partial charge in [0.2, 0.25) is 0 Å². The van der Waals surface area contributed by atoms with Crippen molar-refractivity contribution in [1.82, 2.24) is 0 Å². The van der Waals surface area contributed by atoms with Crippen LogP contribution in [0.5, 0.6) is 0 Å². The zero-order chi connectivity index (χ0) is 9.52. The summed E-state index contributed by atoms with van der Waals surface area (Å²) in [5.74, 6) is 0. The summed E-state index contributed by atoms with van der Waals surface area (Å²) in [5, 5.41) is 9.71. The van der Waals surface area contributed by atoms with Gasteiger partial charge < -0.3 is 5.11 Å². The van der Waals surface area contributed by atoms with Crippen molar-refractivity contribution in [2.75, 3.05) is 0 Å². The van der Waals surface area contributed by atoms with Crippen LogP contribution in [-0.2, 0) is 0 Å². The second-order valence-electron chi connectivity index (χ2n) is 3.15. The molecule has 1 aromatic carbocycles. The molecule has 0 amide bonds. The third-order valence-electron chi connectivity index (χ3n) is 2.07. The second-order valence-corrected chi connectivity index (χ2v) is 3.15. The van der Waals surface area contributed by atoms with E-state index in [1.165, 1.54) is 0 Å². The summed E-state index contributed by atoms with van der Waals surface area (Å²) >= 11 is 0. The van der Waals surface area contributed by atoms with Crippen LogP contribution in [0.1, 0.15) is 30.9 Å². The van der Waals surface area contributed by atoms with Crippen LogP contribution in [0.15, 0.2) is 43.0 Å². The molecule has 1 rings (SSSR count). The van der Waals surface area contributed by atoms with E-state index in [0.717, 1.165) is 24.8 Å². The fraction of sp³-hybridized carbons (Fsp3) is 0.333. The fourth-order valence-corrected chi connectivity index (χ4v) is 1.30. The number of allylic oxidation sites excluding steroid dienone is 1. The van der Waals surface area contributed by atoms with Crippen LogP contribution in [0.4, 0.5) is 0 Å². The highest BCUT2D eigenvalue weighted by Crippen LogP contribution is 2.18. The van der Waals surface area contributed by atoms with Crippen molar-refractivity contribution >= 4 is 0 Å². The van der Waals surface area contributed by atoms with Crippen LogP contribution in [-0.4, -0.2) is 5.11 Å². The van der Waals surface area contributed by atoms with Crippen molar-refractivity contribution in [3.05, 3.63) is 48.6 Å². The predicted molar refractivity (Wildman–Crippen MR) is 55.4 cm³/mol. The third-order valence-corrected chi connectivity index (χ3v) is 2.07. The number of hydrogen-bond donors (Lipinski definition) is 1. The van der Waals surface area contributed by atoms with Crippen LogP contribution in [0.2, 0.25) is 0 Å². The lowest BCUT2D eigenvalue weighted by molar-refractivity contribution is 0.165. The van der Waals surface area contributed by atoms with E-state index < -0.39 is 0 Å². The molecule has 0 aliphatic carbocycles. The Labute approximate surface area is 79.7 Å². The van der Waals surface area contributed by atoms with E-state index in [1.807, 2.05) is 36.4 Å². The van der Waals surface area contributed by atoms with E-state index in [2.05, 4.69) is 6.58 Å². The van der Waals surface area contributed by atoms with Gasteiger partial charge in [-0.3, -0.25) is 0 Å². The number of aliphatic hydroxyl groups excluding tert-OH is 1. The molecular formula is C12H16O. The van der Waals surface area contributed by atoms with Gasteiger partial charge in [0.1, 0.15) is 0 Å². The molecule has 1 heteroatoms. The van der Waals surface area contributed by atoms with Crippen molar-refractivity contribution < 1.29 is 5.11 Å². The molecule has 13 heavy (non-hydrogen) atoms. The minimum atomic E-state index is -0.318. The summed E-state index contributed by atoms with van der Waals surface area (Å²) in [4.78, 5) is 0. The van der Waals surface area contributed by atoms with E-state index >= 15 is 0 Å². The van der Waals surface area contributed by atoms with Gasteiger partial charge in [0.05, 0.1) is 6.10 Å². The Hall–Kier alpha value is -1.08. The summed E-state index contributed by atoms with van der Waals surface area (Å²) in [6, 6.07) is 9.77. The number of benzene rings is 1. The summed E-state index contributed by atoms with van der Waals surface area (Å²) in [7, 11) is 0. The Kier molecular flexibility index (Phi) is 4.27. The molecule has 0 aliphatic rings. The van der Waals surface area contributed by atoms with Crippen molar-refractivity contribution in [3.8, 4) is 0 Å². The highest BCUT2D eigenvalue weighted by atomic mass is 16.3. The fourth-order valence-electron chi connectivity index (χ4n) is 1.30. The largest absolute Gasteiger partial charge is 0.388 e. The number of unbranched alkanes of at least 4 members (excludes halogenated alkanes) is 1. The zero-order valence-corrected chi connectivity index (χ0v) is 7.82. The maximum atomic E-state index is 9.71. The van der Waals surface area contributed by atoms with E-state index in [0.29, 0.717) is 0 Å². The normalized spacial score (nSPS) is 12.4. The Bertz CT molecular complexity index is 241. The van der Waals surface area contributed by atoms with E-state index in [1.54, 1.807) is 0 Å². The molecule has 1 aromatic rings. The first kappa shape index (κ1) is 10.0. The molecule has 0 unspecified atom stereocenters. The monoisotopic (exact) mass is 176 g/mol. The van der Waals surface area contributed by atoms with Gasteiger partial charge in [0.25, 0.3) is 0 Å². The number of aliphatic hydroxyl groups is 1. The van der Waals surface area contributed by atoms with Crippen LogP contribution in [0.3, 0.4) is 0 Å². The Morgan fingerprint density at radius 2 is 2.00 bits per heavy atom. The van der Waals surface area contributed by atoms with Gasteiger partial charge >= 0.3 is 0 Å². The van der Waals surface area contributed by atoms with Gasteiger partial charge in [-0.25, -0.2) is 0 Å². The van der Waals surface area contributed by atoms with Crippen molar-refractivity contribution in [2.45, 2.75) is 25.4 Å². The van der Waals surface area contributed by atoms with Gasteiger partial charge in [-0.15, -0.1) is 6.58 Å². The quantitative estimate of drug-likeness (QED) is 0.540. The van der Waals surface area contributed by atoms with Crippen molar-refractivity contribution in [3.63, 3.8) is 0 Å². The maximum absolute atomic E-state index is 9.71. The smallest absolute Gasteiger partial charge is 0.0790 e. The van der Waals surface area contributed by atoms with Gasteiger partial charge in [0, 0.05) is 0 Å². The molecule has 0 spiro atoms. The molecule has 1 atom stereocenters. The lowest BCUT2D eigenvalue weighted by atomic mass is 10.0. The molecule has 0 saturated carbocycles. The highest BCUT2D eigenvalue weighted by molar-refractivity contribution is 5.16. The molecule has 1 nitrogen and oxygen atoms in total. The summed E-state index contributed by atoms with van der Waals surface area (Å²) in [6.45, 7) is 3.65. The average Bonchev–Trinajstić information content (AvgIpc) is 2.19. The zero-order valence-electron chi connectivity index (χ0n) is 7.82. The van der Waals surface area contributed by atoms with Crippen LogP contribution < -0.4 is 0 Å². The number of rotatable bonds is 5. The molecule has 0 aliphatic heterocycles. The average molecular weight is 176 g/mol. The maximum Gasteiger partial charge on any atom is 0.0790 e. The standard InChI is InChI=1S/C12H16O/c1-2-3-5-10-12(13)11-8-6-4-7-9-11/h2,4,6-9,12-13H,1,3,5,10H2/t12-/m1/s1. The molecule has 0 saturated heterocycles. The summed E-state index contributed by atoms with van der Waals surface area (Å²) in [6.07, 6.45) is 4.36. The van der Waals surface area contributed by atoms with Crippen LogP contribution in [0.25, 0.3) is 0 Å². The minimum Gasteiger partial charge on any atom is -0.388 e. The first-order valence-electron chi connectivity index (χ1n) is 4.68. The van der Waals surface area contributed by atoms with Crippen LogP contribution >= 0.6 is 0 Å². The van der Waals surface area contributed by atoms with Gasteiger partial charge in [0.15, 0.2) is 0 Å². The first-order chi connectivity index (χ1) is 6.34. The minimum absolute atomic E-state index is 0.318. The Morgan fingerprint density at radius 3 is 2.62 bits per heavy atom. The topological polar surface area (TPSA) is 20.2 Å². The Morgan fingerprint density at radius 1 is 1.31 bits per heavy atom. The lowest BCUT2D eigenvalue weighted by Gasteiger charge is -2.09. The molecule has 0 fully saturated rings. The first-order valence-corrected chi connectivity index (χ1v) is 4.68. The van der Waals surface area contributed by atoms with Crippen LogP contribution in [0, 0.1) is 0 Å².